The lowest BCUT2D eigenvalue weighted by molar-refractivity contribution is -0.157. The third-order valence-corrected chi connectivity index (χ3v) is 6.92. The molecule has 0 saturated heterocycles. The minimum Gasteiger partial charge on any atom is -0.478 e. The number of aliphatic hydroxyl groups is 1. The van der Waals surface area contributed by atoms with Crippen molar-refractivity contribution in [1.29, 1.82) is 0 Å². The number of carbonyl (C=O) groups is 2. The van der Waals surface area contributed by atoms with Gasteiger partial charge in [0.2, 0.25) is 5.88 Å². The summed E-state index contributed by atoms with van der Waals surface area (Å²) in [6.45, 7) is 15.7. The first-order chi connectivity index (χ1) is 21.0. The van der Waals surface area contributed by atoms with Gasteiger partial charge in [-0.1, -0.05) is 0 Å². The van der Waals surface area contributed by atoms with Gasteiger partial charge in [0.25, 0.3) is 0 Å². The molecule has 2 N–H and O–H groups in total. The summed E-state index contributed by atoms with van der Waals surface area (Å²) in [5.41, 5.74) is -1.21. The maximum absolute atomic E-state index is 13.7. The number of hydrogen-bond donors (Lipinski definition) is 2. The number of pyridine rings is 1. The van der Waals surface area contributed by atoms with E-state index in [0.29, 0.717) is 24.3 Å². The molecule has 0 aliphatic heterocycles. The van der Waals surface area contributed by atoms with Gasteiger partial charge in [-0.3, -0.25) is 0 Å². The summed E-state index contributed by atoms with van der Waals surface area (Å²) in [6, 6.07) is 2.80. The average Bonchev–Trinajstić information content (AvgIpc) is 3.50. The van der Waals surface area contributed by atoms with E-state index in [-0.39, 0.29) is 24.8 Å². The minimum atomic E-state index is -4.69. The summed E-state index contributed by atoms with van der Waals surface area (Å²) >= 11 is 0. The van der Waals surface area contributed by atoms with Crippen LogP contribution in [0.15, 0.2) is 24.4 Å². The molecular weight excluding hydrogens is 607 g/mol. The molecule has 1 aliphatic rings. The highest BCUT2D eigenvalue weighted by molar-refractivity contribution is 5.95. The van der Waals surface area contributed by atoms with Crippen molar-refractivity contribution >= 4 is 23.7 Å². The Balaban J connectivity index is 1.85. The number of rotatable bonds is 9. The average molecular weight is 656 g/mol. The van der Waals surface area contributed by atoms with Crippen LogP contribution in [0, 0.1) is 0 Å². The van der Waals surface area contributed by atoms with Crippen LogP contribution in [0.25, 0.3) is 0 Å². The number of alkyl halides is 3. The number of ether oxygens (including phenoxy) is 3. The van der Waals surface area contributed by atoms with Crippen LogP contribution in [0.4, 0.5) is 34.3 Å². The molecule has 0 spiro atoms. The maximum atomic E-state index is 13.7. The van der Waals surface area contributed by atoms with Gasteiger partial charge in [-0.25, -0.2) is 24.2 Å². The van der Waals surface area contributed by atoms with E-state index in [9.17, 15) is 27.9 Å². The van der Waals surface area contributed by atoms with Gasteiger partial charge in [0.05, 0.1) is 29.6 Å². The normalized spacial score (nSPS) is 18.2. The van der Waals surface area contributed by atoms with Crippen LogP contribution in [-0.4, -0.2) is 68.2 Å². The Morgan fingerprint density at radius 3 is 2.24 bits per heavy atom. The third-order valence-electron chi connectivity index (χ3n) is 6.92. The number of carbonyl (C=O) groups excluding carboxylic acids is 2. The van der Waals surface area contributed by atoms with Crippen molar-refractivity contribution in [2.75, 3.05) is 11.5 Å². The summed E-state index contributed by atoms with van der Waals surface area (Å²) in [5, 5.41) is 16.9. The van der Waals surface area contributed by atoms with Crippen molar-refractivity contribution < 1.29 is 42.1 Å². The number of aliphatic hydroxyl groups excluding tert-OH is 1. The van der Waals surface area contributed by atoms with E-state index in [0.717, 1.165) is 12.1 Å². The van der Waals surface area contributed by atoms with Crippen LogP contribution in [0.3, 0.4) is 0 Å². The van der Waals surface area contributed by atoms with E-state index >= 15 is 0 Å². The number of aromatic nitrogens is 3. The molecule has 1 fully saturated rings. The topological polar surface area (TPSA) is 128 Å². The van der Waals surface area contributed by atoms with Crippen LogP contribution in [0.2, 0.25) is 0 Å². The molecule has 2 aromatic heterocycles. The lowest BCUT2D eigenvalue weighted by Gasteiger charge is -2.30. The lowest BCUT2D eigenvalue weighted by Crippen LogP contribution is -2.47. The molecule has 0 radical (unpaired) electrons. The number of hydrogen-bond acceptors (Lipinski definition) is 8. The lowest BCUT2D eigenvalue weighted by atomic mass is 10.0. The second-order valence-electron chi connectivity index (χ2n) is 14.6. The molecule has 14 heteroatoms. The van der Waals surface area contributed by atoms with Gasteiger partial charge in [-0.15, -0.1) is 0 Å². The van der Waals surface area contributed by atoms with Crippen molar-refractivity contribution in [3.8, 4) is 5.88 Å². The van der Waals surface area contributed by atoms with E-state index in [1.807, 2.05) is 32.2 Å². The number of amides is 2. The Bertz CT molecular complexity index is 1340. The van der Waals surface area contributed by atoms with Gasteiger partial charge < -0.3 is 24.6 Å². The fourth-order valence-electron chi connectivity index (χ4n) is 4.96. The molecule has 1 saturated carbocycles. The fourth-order valence-corrected chi connectivity index (χ4v) is 4.96. The molecular formula is C32H48F3N5O6. The second-order valence-corrected chi connectivity index (χ2v) is 14.6. The minimum absolute atomic E-state index is 0.0273. The summed E-state index contributed by atoms with van der Waals surface area (Å²) in [5.74, 6) is 0.548. The summed E-state index contributed by atoms with van der Waals surface area (Å²) in [4.78, 5) is 31.3. The highest BCUT2D eigenvalue weighted by Gasteiger charge is 2.41. The molecule has 2 aromatic rings. The third kappa shape index (κ3) is 10.8. The Hall–Kier alpha value is -3.55. The molecule has 0 bridgehead atoms. The van der Waals surface area contributed by atoms with Crippen molar-refractivity contribution in [3.63, 3.8) is 0 Å². The first-order valence-corrected chi connectivity index (χ1v) is 15.5. The Labute approximate surface area is 268 Å². The first kappa shape index (κ1) is 36.9. The van der Waals surface area contributed by atoms with Crippen LogP contribution < -0.4 is 15.0 Å². The molecule has 46 heavy (non-hydrogen) atoms. The van der Waals surface area contributed by atoms with Gasteiger partial charge in [-0.05, 0) is 100 Å². The molecule has 11 nitrogen and oxygen atoms in total. The number of anilines is 2. The van der Waals surface area contributed by atoms with Crippen molar-refractivity contribution in [2.24, 2.45) is 0 Å². The maximum Gasteiger partial charge on any atom is 0.420 e. The number of halogens is 3. The predicted molar refractivity (Wildman–Crippen MR) is 166 cm³/mol. The quantitative estimate of drug-likeness (QED) is 0.269. The van der Waals surface area contributed by atoms with Gasteiger partial charge in [-0.2, -0.15) is 18.3 Å². The zero-order chi connectivity index (χ0) is 34.7. The Morgan fingerprint density at radius 1 is 1.04 bits per heavy atom. The van der Waals surface area contributed by atoms with Crippen molar-refractivity contribution in [2.45, 2.75) is 135 Å². The van der Waals surface area contributed by atoms with Crippen molar-refractivity contribution in [1.82, 2.24) is 20.1 Å². The van der Waals surface area contributed by atoms with E-state index in [1.165, 1.54) is 17.2 Å². The second kappa shape index (κ2) is 14.1. The first-order valence-electron chi connectivity index (χ1n) is 15.5. The number of alkyl carbamates (subject to hydrolysis) is 1. The van der Waals surface area contributed by atoms with E-state index < -0.39 is 53.7 Å². The van der Waals surface area contributed by atoms with Crippen molar-refractivity contribution in [3.05, 3.63) is 30.1 Å². The SMILES string of the molecule is CC(C)(C)OC(=O)N[C@@H](CCCOc1cc(N(C(=O)OC(C)(C)C)c2cc([C@H]3CC[C@@H](O)C3)nn2C(C)(C)C)ccn1)C(F)(F)F. The molecule has 0 aromatic carbocycles. The molecule has 3 rings (SSSR count). The molecule has 2 amide bonds. The summed E-state index contributed by atoms with van der Waals surface area (Å²) in [7, 11) is 0. The van der Waals surface area contributed by atoms with Gasteiger partial charge in [0, 0.05) is 24.2 Å². The molecule has 0 unspecified atom stereocenters. The molecule has 258 valence electrons. The van der Waals surface area contributed by atoms with Crippen LogP contribution >= 0.6 is 0 Å². The van der Waals surface area contributed by atoms with Gasteiger partial charge in [0.1, 0.15) is 23.1 Å². The smallest absolute Gasteiger partial charge is 0.420 e. The summed E-state index contributed by atoms with van der Waals surface area (Å²) in [6.07, 6.45) is -4.00. The zero-order valence-corrected chi connectivity index (χ0v) is 28.2. The van der Waals surface area contributed by atoms with Gasteiger partial charge in [0.15, 0.2) is 0 Å². The predicted octanol–water partition coefficient (Wildman–Crippen LogP) is 7.35. The molecule has 2 heterocycles. The van der Waals surface area contributed by atoms with E-state index in [2.05, 4.69) is 4.98 Å². The zero-order valence-electron chi connectivity index (χ0n) is 28.2. The number of nitrogens with zero attached hydrogens (tertiary/aromatic N) is 4. The van der Waals surface area contributed by atoms with Gasteiger partial charge >= 0.3 is 18.4 Å². The van der Waals surface area contributed by atoms with E-state index in [1.54, 1.807) is 52.3 Å². The molecule has 3 atom stereocenters. The monoisotopic (exact) mass is 655 g/mol. The molecule has 1 aliphatic carbocycles. The fraction of sp³-hybridized carbons (Fsp3) is 0.688. The van der Waals surface area contributed by atoms with Crippen LogP contribution in [0.5, 0.6) is 5.88 Å². The highest BCUT2D eigenvalue weighted by Crippen LogP contribution is 2.39. The largest absolute Gasteiger partial charge is 0.478 e. The Kier molecular flexibility index (Phi) is 11.3. The van der Waals surface area contributed by atoms with Crippen LogP contribution in [-0.2, 0) is 15.0 Å². The standard InChI is InChI=1S/C32H48F3N5O6/c1-29(2,3)40-26(19-23(38-40)20-12-13-22(41)17-20)39(28(43)46-31(7,8)9)21-14-15-36-25(18-21)44-16-10-11-24(32(33,34)35)37-27(42)45-30(4,5)6/h14-15,18-20,22,24,41H,10-13,16-17H2,1-9H3,(H,37,42)/t20-,22+,24-/m0/s1. The Morgan fingerprint density at radius 2 is 1.70 bits per heavy atom. The van der Waals surface area contributed by atoms with Crippen LogP contribution in [0.1, 0.15) is 106 Å². The highest BCUT2D eigenvalue weighted by atomic mass is 19.4. The number of nitrogens with one attached hydrogen (secondary N) is 1. The summed E-state index contributed by atoms with van der Waals surface area (Å²) < 4.78 is 59.0. The van der Waals surface area contributed by atoms with E-state index in [4.69, 9.17) is 19.3 Å².